The van der Waals surface area contributed by atoms with Gasteiger partial charge in [0.15, 0.2) is 6.10 Å². The molecule has 0 heterocycles. The molecule has 0 radical (unpaired) electrons. The summed E-state index contributed by atoms with van der Waals surface area (Å²) >= 11 is 0. The molecule has 0 aromatic rings. The summed E-state index contributed by atoms with van der Waals surface area (Å²) in [5.41, 5.74) is 0. The van der Waals surface area contributed by atoms with Crippen LogP contribution in [0.3, 0.4) is 0 Å². The fourth-order valence-corrected chi connectivity index (χ4v) is 7.81. The van der Waals surface area contributed by atoms with E-state index >= 15 is 0 Å². The highest BCUT2D eigenvalue weighted by molar-refractivity contribution is 5.71. The van der Waals surface area contributed by atoms with E-state index in [4.69, 9.17) is 14.2 Å². The molecule has 6 nitrogen and oxygen atoms in total. The second kappa shape index (κ2) is 44.9. The molecular weight excluding hydrogens is 721 g/mol. The van der Waals surface area contributed by atoms with E-state index in [1.165, 1.54) is 173 Å². The molecule has 0 aromatic carbocycles. The first kappa shape index (κ1) is 56.4. The van der Waals surface area contributed by atoms with Gasteiger partial charge in [0.1, 0.15) is 13.2 Å². The Labute approximate surface area is 361 Å². The fourth-order valence-electron chi connectivity index (χ4n) is 7.81. The van der Waals surface area contributed by atoms with Crippen LogP contribution in [0.25, 0.3) is 0 Å². The van der Waals surface area contributed by atoms with Gasteiger partial charge in [-0.2, -0.15) is 0 Å². The lowest BCUT2D eigenvalue weighted by atomic mass is 10.0. The largest absolute Gasteiger partial charge is 0.462 e. The highest BCUT2D eigenvalue weighted by Gasteiger charge is 2.19. The van der Waals surface area contributed by atoms with Crippen molar-refractivity contribution in [2.45, 2.75) is 291 Å². The Kier molecular flexibility index (Phi) is 43.7. The standard InChI is InChI=1S/C52H100O6/c1-6-7-8-9-10-11-12-13-14-17-22-27-32-37-42-50(53)56-45-49(46-57-51(54)43-38-33-28-24-19-21-26-31-36-41-48(4)5)58-52(55)44-39-34-29-23-18-15-16-20-25-30-35-40-47(2)3/h47-49H,6-46H2,1-5H3/t49-/m1/s1. The van der Waals surface area contributed by atoms with Gasteiger partial charge < -0.3 is 14.2 Å². The second-order valence-electron chi connectivity index (χ2n) is 18.8. The lowest BCUT2D eigenvalue weighted by molar-refractivity contribution is -0.167. The van der Waals surface area contributed by atoms with Crippen molar-refractivity contribution in [3.63, 3.8) is 0 Å². The molecule has 0 amide bonds. The van der Waals surface area contributed by atoms with Crippen molar-refractivity contribution in [2.75, 3.05) is 13.2 Å². The van der Waals surface area contributed by atoms with E-state index in [1.807, 2.05) is 0 Å². The number of esters is 3. The maximum atomic E-state index is 12.8. The van der Waals surface area contributed by atoms with Crippen molar-refractivity contribution in [1.29, 1.82) is 0 Å². The zero-order chi connectivity index (χ0) is 42.6. The number of unbranched alkanes of at least 4 members (excludes halogenated alkanes) is 31. The Bertz CT molecular complexity index is 885. The molecule has 0 aromatic heterocycles. The molecule has 0 aliphatic carbocycles. The molecule has 0 fully saturated rings. The number of hydrogen-bond acceptors (Lipinski definition) is 6. The highest BCUT2D eigenvalue weighted by atomic mass is 16.6. The summed E-state index contributed by atoms with van der Waals surface area (Å²) in [7, 11) is 0. The SMILES string of the molecule is CCCCCCCCCCCCCCCCC(=O)OC[C@H](COC(=O)CCCCCCCCCCCC(C)C)OC(=O)CCCCCCCCCCCCCC(C)C. The van der Waals surface area contributed by atoms with Crippen LogP contribution in [0.15, 0.2) is 0 Å². The molecule has 0 saturated carbocycles. The topological polar surface area (TPSA) is 78.9 Å². The Morgan fingerprint density at radius 3 is 0.845 bits per heavy atom. The normalized spacial score (nSPS) is 12.1. The zero-order valence-electron chi connectivity index (χ0n) is 39.7. The quantitative estimate of drug-likeness (QED) is 0.0346. The predicted molar refractivity (Wildman–Crippen MR) is 247 cm³/mol. The van der Waals surface area contributed by atoms with E-state index in [-0.39, 0.29) is 31.1 Å². The van der Waals surface area contributed by atoms with Gasteiger partial charge in [-0.15, -0.1) is 0 Å². The molecule has 0 N–H and O–H groups in total. The Morgan fingerprint density at radius 1 is 0.328 bits per heavy atom. The first-order valence-corrected chi connectivity index (χ1v) is 25.7. The van der Waals surface area contributed by atoms with Crippen molar-refractivity contribution in [3.05, 3.63) is 0 Å². The second-order valence-corrected chi connectivity index (χ2v) is 18.8. The van der Waals surface area contributed by atoms with Crippen LogP contribution in [-0.4, -0.2) is 37.2 Å². The van der Waals surface area contributed by atoms with Gasteiger partial charge in [-0.25, -0.2) is 0 Å². The molecule has 0 bridgehead atoms. The van der Waals surface area contributed by atoms with E-state index in [9.17, 15) is 14.4 Å². The lowest BCUT2D eigenvalue weighted by Gasteiger charge is -2.18. The van der Waals surface area contributed by atoms with E-state index in [0.717, 1.165) is 69.6 Å². The summed E-state index contributed by atoms with van der Waals surface area (Å²) in [4.78, 5) is 37.9. The first-order chi connectivity index (χ1) is 28.2. The molecule has 1 atom stereocenters. The maximum absolute atomic E-state index is 12.8. The fraction of sp³-hybridized carbons (Fsp3) is 0.942. The predicted octanol–water partition coefficient (Wildman–Crippen LogP) is 16.5. The number of carbonyl (C=O) groups excluding carboxylic acids is 3. The van der Waals surface area contributed by atoms with Crippen molar-refractivity contribution < 1.29 is 28.6 Å². The van der Waals surface area contributed by atoms with Gasteiger partial charge in [0.2, 0.25) is 0 Å². The average Bonchev–Trinajstić information content (AvgIpc) is 3.19. The molecule has 0 unspecified atom stereocenters. The van der Waals surface area contributed by atoms with Gasteiger partial charge in [0, 0.05) is 19.3 Å². The molecular formula is C52H100O6. The van der Waals surface area contributed by atoms with Gasteiger partial charge in [-0.1, -0.05) is 247 Å². The Hall–Kier alpha value is -1.59. The molecule has 0 saturated heterocycles. The minimum Gasteiger partial charge on any atom is -0.462 e. The van der Waals surface area contributed by atoms with Crippen LogP contribution in [0, 0.1) is 11.8 Å². The van der Waals surface area contributed by atoms with Crippen LogP contribution in [0.2, 0.25) is 0 Å². The maximum Gasteiger partial charge on any atom is 0.306 e. The molecule has 0 aliphatic rings. The van der Waals surface area contributed by atoms with E-state index in [0.29, 0.717) is 19.3 Å². The first-order valence-electron chi connectivity index (χ1n) is 25.7. The van der Waals surface area contributed by atoms with E-state index in [2.05, 4.69) is 34.6 Å². The lowest BCUT2D eigenvalue weighted by Crippen LogP contribution is -2.30. The summed E-state index contributed by atoms with van der Waals surface area (Å²) in [5.74, 6) is 0.784. The minimum atomic E-state index is -0.761. The Morgan fingerprint density at radius 2 is 0.569 bits per heavy atom. The molecule has 58 heavy (non-hydrogen) atoms. The number of ether oxygens (including phenoxy) is 3. The van der Waals surface area contributed by atoms with Crippen LogP contribution in [-0.2, 0) is 28.6 Å². The summed E-state index contributed by atoms with van der Waals surface area (Å²) in [6, 6.07) is 0. The number of hydrogen-bond donors (Lipinski definition) is 0. The van der Waals surface area contributed by atoms with Crippen molar-refractivity contribution in [3.8, 4) is 0 Å². The third kappa shape index (κ3) is 45.5. The summed E-state index contributed by atoms with van der Waals surface area (Å²) in [5, 5.41) is 0. The molecule has 0 rings (SSSR count). The molecule has 0 aliphatic heterocycles. The van der Waals surface area contributed by atoms with Gasteiger partial charge in [0.05, 0.1) is 0 Å². The third-order valence-electron chi connectivity index (χ3n) is 11.7. The highest BCUT2D eigenvalue weighted by Crippen LogP contribution is 2.17. The van der Waals surface area contributed by atoms with Crippen molar-refractivity contribution >= 4 is 17.9 Å². The summed E-state index contributed by atoms with van der Waals surface area (Å²) in [6.45, 7) is 11.3. The van der Waals surface area contributed by atoms with Crippen LogP contribution < -0.4 is 0 Å². The van der Waals surface area contributed by atoms with Crippen LogP contribution in [0.1, 0.15) is 285 Å². The smallest absolute Gasteiger partial charge is 0.306 e. The van der Waals surface area contributed by atoms with Crippen molar-refractivity contribution in [2.24, 2.45) is 11.8 Å². The molecule has 6 heteroatoms. The minimum absolute atomic E-state index is 0.0638. The third-order valence-corrected chi connectivity index (χ3v) is 11.7. The van der Waals surface area contributed by atoms with Crippen LogP contribution in [0.4, 0.5) is 0 Å². The zero-order valence-corrected chi connectivity index (χ0v) is 39.7. The molecule has 344 valence electrons. The Balaban J connectivity index is 4.32. The molecule has 0 spiro atoms. The number of carbonyl (C=O) groups is 3. The summed E-state index contributed by atoms with van der Waals surface area (Å²) < 4.78 is 16.8. The van der Waals surface area contributed by atoms with Gasteiger partial charge in [-0.05, 0) is 31.1 Å². The number of rotatable bonds is 46. The average molecular weight is 821 g/mol. The van der Waals surface area contributed by atoms with Gasteiger partial charge in [-0.3, -0.25) is 14.4 Å². The van der Waals surface area contributed by atoms with E-state index in [1.54, 1.807) is 0 Å². The van der Waals surface area contributed by atoms with Crippen LogP contribution in [0.5, 0.6) is 0 Å². The van der Waals surface area contributed by atoms with Crippen molar-refractivity contribution in [1.82, 2.24) is 0 Å². The van der Waals surface area contributed by atoms with Gasteiger partial charge in [0.25, 0.3) is 0 Å². The van der Waals surface area contributed by atoms with Gasteiger partial charge >= 0.3 is 17.9 Å². The van der Waals surface area contributed by atoms with Crippen LogP contribution >= 0.6 is 0 Å². The monoisotopic (exact) mass is 821 g/mol. The van der Waals surface area contributed by atoms with E-state index < -0.39 is 6.10 Å². The summed E-state index contributed by atoms with van der Waals surface area (Å²) in [6.07, 6.45) is 45.1.